The van der Waals surface area contributed by atoms with Crippen LogP contribution in [0.3, 0.4) is 0 Å². The molecule has 0 unspecified atom stereocenters. The topological polar surface area (TPSA) is 101 Å². The monoisotopic (exact) mass is 413 g/mol. The minimum absolute atomic E-state index is 0.0239. The Bertz CT molecular complexity index is 1190. The molecule has 1 aliphatic carbocycles. The maximum absolute atomic E-state index is 13.2. The molecular weight excluding hydrogens is 390 g/mol. The number of hydrogen-bond acceptors (Lipinski definition) is 5. The zero-order valence-corrected chi connectivity index (χ0v) is 17.3. The summed E-state index contributed by atoms with van der Waals surface area (Å²) in [5, 5.41) is 7.08. The minimum Gasteiger partial charge on any atom is -0.491 e. The second-order valence-corrected chi connectivity index (χ2v) is 9.42. The van der Waals surface area contributed by atoms with Gasteiger partial charge in [-0.25, -0.2) is 13.1 Å². The SMILES string of the molecule is Cc1ccc(OC(C)C)c(C2(C(=O)NS(=O)(=O)c3cccc4[nH]ncc34)CC2)c1. The van der Waals surface area contributed by atoms with E-state index in [2.05, 4.69) is 14.9 Å². The first-order valence-electron chi connectivity index (χ1n) is 9.50. The lowest BCUT2D eigenvalue weighted by Gasteiger charge is -2.21. The second-order valence-electron chi connectivity index (χ2n) is 7.77. The molecule has 1 saturated carbocycles. The van der Waals surface area contributed by atoms with E-state index >= 15 is 0 Å². The summed E-state index contributed by atoms with van der Waals surface area (Å²) in [7, 11) is -4.05. The molecule has 3 aromatic rings. The summed E-state index contributed by atoms with van der Waals surface area (Å²) in [6.45, 7) is 5.77. The number of nitrogens with zero attached hydrogens (tertiary/aromatic N) is 1. The van der Waals surface area contributed by atoms with Crippen molar-refractivity contribution < 1.29 is 17.9 Å². The lowest BCUT2D eigenvalue weighted by atomic mass is 9.93. The van der Waals surface area contributed by atoms with E-state index in [1.165, 1.54) is 12.3 Å². The fourth-order valence-electron chi connectivity index (χ4n) is 3.57. The van der Waals surface area contributed by atoms with Crippen molar-refractivity contribution in [2.24, 2.45) is 0 Å². The van der Waals surface area contributed by atoms with Crippen LogP contribution in [0.5, 0.6) is 5.75 Å². The van der Waals surface area contributed by atoms with Gasteiger partial charge in [0.1, 0.15) is 5.75 Å². The molecule has 1 aromatic heterocycles. The molecule has 2 aromatic carbocycles. The van der Waals surface area contributed by atoms with Crippen LogP contribution < -0.4 is 9.46 Å². The predicted octanol–water partition coefficient (Wildman–Crippen LogP) is 3.20. The zero-order chi connectivity index (χ0) is 20.8. The van der Waals surface area contributed by atoms with Crippen molar-refractivity contribution in [3.8, 4) is 5.75 Å². The Hall–Kier alpha value is -2.87. The number of hydrogen-bond donors (Lipinski definition) is 2. The highest BCUT2D eigenvalue weighted by molar-refractivity contribution is 7.90. The smallest absolute Gasteiger partial charge is 0.264 e. The molecular formula is C21H23N3O4S. The average Bonchev–Trinajstić information content (AvgIpc) is 3.32. The van der Waals surface area contributed by atoms with Crippen LogP contribution in [0.4, 0.5) is 0 Å². The Kier molecular flexibility index (Phi) is 4.61. The molecule has 2 N–H and O–H groups in total. The Morgan fingerprint density at radius 1 is 1.24 bits per heavy atom. The molecule has 1 fully saturated rings. The van der Waals surface area contributed by atoms with Gasteiger partial charge in [-0.15, -0.1) is 0 Å². The number of H-pyrrole nitrogens is 1. The van der Waals surface area contributed by atoms with Gasteiger partial charge in [-0.05, 0) is 51.8 Å². The van der Waals surface area contributed by atoms with Gasteiger partial charge < -0.3 is 4.74 Å². The maximum Gasteiger partial charge on any atom is 0.264 e. The van der Waals surface area contributed by atoms with Crippen molar-refractivity contribution in [2.75, 3.05) is 0 Å². The number of fused-ring (bicyclic) bond motifs is 1. The van der Waals surface area contributed by atoms with Gasteiger partial charge in [0.2, 0.25) is 5.91 Å². The average molecular weight is 413 g/mol. The molecule has 4 rings (SSSR count). The number of rotatable bonds is 6. The van der Waals surface area contributed by atoms with Gasteiger partial charge in [0.25, 0.3) is 10.0 Å². The van der Waals surface area contributed by atoms with Crippen LogP contribution in [0, 0.1) is 6.92 Å². The molecule has 1 aliphatic rings. The van der Waals surface area contributed by atoms with E-state index in [0.717, 1.165) is 11.1 Å². The van der Waals surface area contributed by atoms with Crippen LogP contribution >= 0.6 is 0 Å². The lowest BCUT2D eigenvalue weighted by Crippen LogP contribution is -2.39. The molecule has 7 nitrogen and oxygen atoms in total. The Labute approximate surface area is 169 Å². The highest BCUT2D eigenvalue weighted by atomic mass is 32.2. The third-order valence-electron chi connectivity index (χ3n) is 5.16. The fraction of sp³-hybridized carbons (Fsp3) is 0.333. The van der Waals surface area contributed by atoms with E-state index < -0.39 is 21.3 Å². The summed E-state index contributed by atoms with van der Waals surface area (Å²) in [5.74, 6) is 0.0878. The van der Waals surface area contributed by atoms with Gasteiger partial charge >= 0.3 is 0 Å². The zero-order valence-electron chi connectivity index (χ0n) is 16.5. The second kappa shape index (κ2) is 6.88. The number of aromatic nitrogens is 2. The maximum atomic E-state index is 13.2. The molecule has 0 atom stereocenters. The largest absolute Gasteiger partial charge is 0.491 e. The molecule has 0 spiro atoms. The van der Waals surface area contributed by atoms with E-state index in [-0.39, 0.29) is 11.0 Å². The Balaban J connectivity index is 1.69. The van der Waals surface area contributed by atoms with Gasteiger partial charge in [-0.1, -0.05) is 23.8 Å². The summed E-state index contributed by atoms with van der Waals surface area (Å²) in [6.07, 6.45) is 2.53. The minimum atomic E-state index is -4.05. The van der Waals surface area contributed by atoms with E-state index in [1.54, 1.807) is 12.1 Å². The molecule has 1 amide bonds. The third kappa shape index (κ3) is 3.48. The van der Waals surface area contributed by atoms with Crippen molar-refractivity contribution in [1.29, 1.82) is 0 Å². The highest BCUT2D eigenvalue weighted by Crippen LogP contribution is 2.52. The van der Waals surface area contributed by atoms with Crippen molar-refractivity contribution in [3.05, 3.63) is 53.7 Å². The quantitative estimate of drug-likeness (QED) is 0.646. The van der Waals surface area contributed by atoms with Crippen molar-refractivity contribution in [3.63, 3.8) is 0 Å². The molecule has 29 heavy (non-hydrogen) atoms. The van der Waals surface area contributed by atoms with Gasteiger partial charge in [0, 0.05) is 10.9 Å². The number of ether oxygens (including phenoxy) is 1. The number of carbonyl (C=O) groups is 1. The van der Waals surface area contributed by atoms with Crippen molar-refractivity contribution in [1.82, 2.24) is 14.9 Å². The predicted molar refractivity (Wildman–Crippen MR) is 109 cm³/mol. The summed E-state index contributed by atoms with van der Waals surface area (Å²) in [4.78, 5) is 13.2. The first-order valence-corrected chi connectivity index (χ1v) is 11.0. The molecule has 1 heterocycles. The third-order valence-corrected chi connectivity index (χ3v) is 6.55. The highest BCUT2D eigenvalue weighted by Gasteiger charge is 2.54. The molecule has 0 bridgehead atoms. The molecule has 0 saturated heterocycles. The van der Waals surface area contributed by atoms with Gasteiger partial charge in [0.05, 0.1) is 28.1 Å². The first-order chi connectivity index (χ1) is 13.7. The molecule has 0 radical (unpaired) electrons. The summed E-state index contributed by atoms with van der Waals surface area (Å²) in [6, 6.07) is 10.5. The van der Waals surface area contributed by atoms with E-state index in [0.29, 0.717) is 29.5 Å². The van der Waals surface area contributed by atoms with Gasteiger partial charge in [-0.3, -0.25) is 9.89 Å². The van der Waals surface area contributed by atoms with Gasteiger partial charge in [-0.2, -0.15) is 5.10 Å². The van der Waals surface area contributed by atoms with E-state index in [1.807, 2.05) is 39.0 Å². The van der Waals surface area contributed by atoms with Crippen LogP contribution in [0.15, 0.2) is 47.5 Å². The molecule has 0 aliphatic heterocycles. The molecule has 8 heteroatoms. The number of carbonyl (C=O) groups excluding carboxylic acids is 1. The van der Waals surface area contributed by atoms with Gasteiger partial charge in [0.15, 0.2) is 0 Å². The Morgan fingerprint density at radius 2 is 2.00 bits per heavy atom. The number of aryl methyl sites for hydroxylation is 1. The van der Waals surface area contributed by atoms with Crippen molar-refractivity contribution in [2.45, 2.75) is 50.0 Å². The fourth-order valence-corrected chi connectivity index (χ4v) is 4.83. The van der Waals surface area contributed by atoms with Crippen molar-refractivity contribution >= 4 is 26.8 Å². The summed E-state index contributed by atoms with van der Waals surface area (Å²) < 4.78 is 34.2. The number of nitrogens with one attached hydrogen (secondary N) is 2. The van der Waals surface area contributed by atoms with Crippen LogP contribution in [0.25, 0.3) is 10.9 Å². The van der Waals surface area contributed by atoms with Crippen LogP contribution in [-0.2, 0) is 20.2 Å². The number of amides is 1. The van der Waals surface area contributed by atoms with E-state index in [4.69, 9.17) is 4.74 Å². The first kappa shape index (κ1) is 19.4. The van der Waals surface area contributed by atoms with Crippen LogP contribution in [-0.4, -0.2) is 30.6 Å². The number of aromatic amines is 1. The van der Waals surface area contributed by atoms with Crippen LogP contribution in [0.1, 0.15) is 37.8 Å². The summed E-state index contributed by atoms with van der Waals surface area (Å²) in [5.41, 5.74) is 1.42. The number of benzene rings is 2. The standard InChI is InChI=1S/C21H23N3O4S/c1-13(2)28-18-8-7-14(3)11-16(18)21(9-10-21)20(25)24-29(26,27)19-6-4-5-17-15(19)12-22-23-17/h4-8,11-13H,9-10H2,1-3H3,(H,22,23)(H,24,25). The summed E-state index contributed by atoms with van der Waals surface area (Å²) >= 11 is 0. The Morgan fingerprint density at radius 3 is 2.69 bits per heavy atom. The van der Waals surface area contributed by atoms with E-state index in [9.17, 15) is 13.2 Å². The van der Waals surface area contributed by atoms with Crippen LogP contribution in [0.2, 0.25) is 0 Å². The number of sulfonamides is 1. The normalized spacial score (nSPS) is 15.4. The molecule has 152 valence electrons. The lowest BCUT2D eigenvalue weighted by molar-refractivity contribution is -0.121.